The summed E-state index contributed by atoms with van der Waals surface area (Å²) < 4.78 is 1.70. The quantitative estimate of drug-likeness (QED) is 0.757. The van der Waals surface area contributed by atoms with Crippen molar-refractivity contribution in [3.05, 3.63) is 12.4 Å². The Morgan fingerprint density at radius 2 is 1.95 bits per heavy atom. The number of anilines is 1. The first-order valence-electron chi connectivity index (χ1n) is 6.15. The Morgan fingerprint density at radius 1 is 1.32 bits per heavy atom. The van der Waals surface area contributed by atoms with Crippen molar-refractivity contribution in [2.75, 3.05) is 5.32 Å². The number of hydrogen-bond donors (Lipinski definition) is 3. The van der Waals surface area contributed by atoms with E-state index in [1.54, 1.807) is 24.7 Å². The summed E-state index contributed by atoms with van der Waals surface area (Å²) in [6.07, 6.45) is 3.21. The maximum absolute atomic E-state index is 11.7. The summed E-state index contributed by atoms with van der Waals surface area (Å²) in [5, 5.41) is 18.0. The van der Waals surface area contributed by atoms with Crippen molar-refractivity contribution in [3.63, 3.8) is 0 Å². The normalized spacial score (nSPS) is 12.5. The fourth-order valence-electron chi connectivity index (χ4n) is 1.51. The van der Waals surface area contributed by atoms with Crippen LogP contribution in [0.1, 0.15) is 33.7 Å². The van der Waals surface area contributed by atoms with Gasteiger partial charge in [-0.25, -0.2) is 9.59 Å². The monoisotopic (exact) mass is 268 g/mol. The molecule has 2 amide bonds. The minimum absolute atomic E-state index is 0.193. The van der Waals surface area contributed by atoms with E-state index in [-0.39, 0.29) is 12.0 Å². The van der Waals surface area contributed by atoms with E-state index < -0.39 is 18.0 Å². The van der Waals surface area contributed by atoms with Gasteiger partial charge in [-0.2, -0.15) is 5.10 Å². The molecule has 0 aliphatic carbocycles. The first-order valence-corrected chi connectivity index (χ1v) is 6.15. The highest BCUT2D eigenvalue weighted by atomic mass is 16.4. The third-order valence-electron chi connectivity index (χ3n) is 2.61. The molecule has 1 aromatic heterocycles. The molecule has 0 aliphatic rings. The van der Waals surface area contributed by atoms with E-state index in [4.69, 9.17) is 5.11 Å². The van der Waals surface area contributed by atoms with Crippen molar-refractivity contribution in [1.29, 1.82) is 0 Å². The lowest BCUT2D eigenvalue weighted by Gasteiger charge is -2.17. The van der Waals surface area contributed by atoms with Crippen molar-refractivity contribution in [3.8, 4) is 0 Å². The van der Waals surface area contributed by atoms with E-state index in [0.717, 1.165) is 0 Å². The van der Waals surface area contributed by atoms with E-state index in [1.165, 1.54) is 6.20 Å². The molecule has 1 heterocycles. The minimum Gasteiger partial charge on any atom is -0.480 e. The number of rotatable bonds is 5. The predicted molar refractivity (Wildman–Crippen MR) is 71.0 cm³/mol. The predicted octanol–water partition coefficient (Wildman–Crippen LogP) is 1.69. The topological polar surface area (TPSA) is 96.3 Å². The second-order valence-electron chi connectivity index (χ2n) is 4.96. The van der Waals surface area contributed by atoms with E-state index in [0.29, 0.717) is 5.69 Å². The number of aliphatic carboxylic acids is 1. The van der Waals surface area contributed by atoms with Crippen LogP contribution in [0, 0.1) is 5.92 Å². The number of hydrogen-bond acceptors (Lipinski definition) is 3. The second-order valence-corrected chi connectivity index (χ2v) is 4.96. The van der Waals surface area contributed by atoms with Crippen molar-refractivity contribution < 1.29 is 14.7 Å². The highest BCUT2D eigenvalue weighted by molar-refractivity contribution is 5.92. The zero-order valence-electron chi connectivity index (χ0n) is 11.5. The fourth-order valence-corrected chi connectivity index (χ4v) is 1.51. The zero-order chi connectivity index (χ0) is 14.6. The van der Waals surface area contributed by atoms with Gasteiger partial charge in [0.2, 0.25) is 0 Å². The molecule has 3 N–H and O–H groups in total. The highest BCUT2D eigenvalue weighted by Gasteiger charge is 2.23. The van der Waals surface area contributed by atoms with Crippen LogP contribution in [0.4, 0.5) is 10.5 Å². The molecule has 106 valence electrons. The van der Waals surface area contributed by atoms with Crippen molar-refractivity contribution in [1.82, 2.24) is 15.1 Å². The molecule has 0 aliphatic heterocycles. The number of nitrogens with zero attached hydrogens (tertiary/aromatic N) is 2. The summed E-state index contributed by atoms with van der Waals surface area (Å²) in [6, 6.07) is -1.27. The van der Waals surface area contributed by atoms with Crippen LogP contribution in [0.5, 0.6) is 0 Å². The SMILES string of the molecule is CC(C)C(NC(=O)Nc1cnn(C(C)C)c1)C(=O)O. The summed E-state index contributed by atoms with van der Waals surface area (Å²) in [5.41, 5.74) is 0.527. The van der Waals surface area contributed by atoms with Crippen LogP contribution in [0.15, 0.2) is 12.4 Å². The van der Waals surface area contributed by atoms with E-state index in [1.807, 2.05) is 13.8 Å². The van der Waals surface area contributed by atoms with Gasteiger partial charge in [0.15, 0.2) is 0 Å². The first-order chi connectivity index (χ1) is 8.81. The van der Waals surface area contributed by atoms with Gasteiger partial charge in [0.25, 0.3) is 0 Å². The Kier molecular flexibility index (Phi) is 4.91. The van der Waals surface area contributed by atoms with Crippen LogP contribution in [-0.4, -0.2) is 32.9 Å². The average molecular weight is 268 g/mol. The molecule has 1 unspecified atom stereocenters. The summed E-state index contributed by atoms with van der Waals surface area (Å²) in [4.78, 5) is 22.7. The van der Waals surface area contributed by atoms with E-state index >= 15 is 0 Å². The number of carboxylic acids is 1. The summed E-state index contributed by atoms with van der Waals surface area (Å²) >= 11 is 0. The van der Waals surface area contributed by atoms with Gasteiger partial charge in [-0.15, -0.1) is 0 Å². The minimum atomic E-state index is -1.05. The highest BCUT2D eigenvalue weighted by Crippen LogP contribution is 2.10. The number of carboxylic acid groups (broad SMARTS) is 1. The molecule has 0 spiro atoms. The molecule has 1 atom stereocenters. The van der Waals surface area contributed by atoms with Gasteiger partial charge in [-0.3, -0.25) is 4.68 Å². The van der Waals surface area contributed by atoms with Crippen LogP contribution < -0.4 is 10.6 Å². The number of amides is 2. The van der Waals surface area contributed by atoms with Crippen LogP contribution in [0.3, 0.4) is 0 Å². The molecule has 1 aromatic rings. The number of nitrogens with one attached hydrogen (secondary N) is 2. The lowest BCUT2D eigenvalue weighted by molar-refractivity contribution is -0.140. The maximum atomic E-state index is 11.7. The Hall–Kier alpha value is -2.05. The number of carbonyl (C=O) groups is 2. The molecule has 0 saturated heterocycles. The molecule has 1 rings (SSSR count). The maximum Gasteiger partial charge on any atom is 0.326 e. The van der Waals surface area contributed by atoms with Crippen LogP contribution in [0.25, 0.3) is 0 Å². The van der Waals surface area contributed by atoms with Gasteiger partial charge in [-0.1, -0.05) is 13.8 Å². The number of urea groups is 1. The molecule has 0 bridgehead atoms. The molecular formula is C12H20N4O3. The van der Waals surface area contributed by atoms with Gasteiger partial charge in [0.05, 0.1) is 11.9 Å². The largest absolute Gasteiger partial charge is 0.480 e. The number of carbonyl (C=O) groups excluding carboxylic acids is 1. The van der Waals surface area contributed by atoms with Crippen molar-refractivity contribution >= 4 is 17.7 Å². The molecule has 19 heavy (non-hydrogen) atoms. The zero-order valence-corrected chi connectivity index (χ0v) is 11.5. The van der Waals surface area contributed by atoms with Crippen molar-refractivity contribution in [2.45, 2.75) is 39.8 Å². The lowest BCUT2D eigenvalue weighted by atomic mass is 10.1. The van der Waals surface area contributed by atoms with E-state index in [9.17, 15) is 9.59 Å². The Balaban J connectivity index is 2.61. The van der Waals surface area contributed by atoms with Gasteiger partial charge in [0.1, 0.15) is 6.04 Å². The summed E-state index contributed by atoms with van der Waals surface area (Å²) in [6.45, 7) is 7.40. The Morgan fingerprint density at radius 3 is 2.37 bits per heavy atom. The molecular weight excluding hydrogens is 248 g/mol. The van der Waals surface area contributed by atoms with Crippen molar-refractivity contribution in [2.24, 2.45) is 5.92 Å². The van der Waals surface area contributed by atoms with Gasteiger partial charge >= 0.3 is 12.0 Å². The van der Waals surface area contributed by atoms with Crippen LogP contribution in [-0.2, 0) is 4.79 Å². The molecule has 0 radical (unpaired) electrons. The summed E-state index contributed by atoms with van der Waals surface area (Å²) in [5.74, 6) is -1.25. The third kappa shape index (κ3) is 4.27. The van der Waals surface area contributed by atoms with Gasteiger partial charge < -0.3 is 15.7 Å². The second kappa shape index (κ2) is 6.21. The molecule has 7 heteroatoms. The molecule has 0 aromatic carbocycles. The summed E-state index contributed by atoms with van der Waals surface area (Å²) in [7, 11) is 0. The van der Waals surface area contributed by atoms with Gasteiger partial charge in [0, 0.05) is 12.2 Å². The van der Waals surface area contributed by atoms with Gasteiger partial charge in [-0.05, 0) is 19.8 Å². The average Bonchev–Trinajstić information content (AvgIpc) is 2.73. The Labute approximate surface area is 112 Å². The fraction of sp³-hybridized carbons (Fsp3) is 0.583. The lowest BCUT2D eigenvalue weighted by Crippen LogP contribution is -2.46. The third-order valence-corrected chi connectivity index (χ3v) is 2.61. The first kappa shape index (κ1) is 15.0. The Bertz CT molecular complexity index is 454. The van der Waals surface area contributed by atoms with Crippen LogP contribution in [0.2, 0.25) is 0 Å². The standard InChI is InChI=1S/C12H20N4O3/c1-7(2)10(11(17)18)15-12(19)14-9-5-13-16(6-9)8(3)4/h5-8,10H,1-4H3,(H,17,18)(H2,14,15,19). The van der Waals surface area contributed by atoms with E-state index in [2.05, 4.69) is 15.7 Å². The smallest absolute Gasteiger partial charge is 0.326 e. The molecule has 0 fully saturated rings. The molecule has 7 nitrogen and oxygen atoms in total. The van der Waals surface area contributed by atoms with Crippen LogP contribution >= 0.6 is 0 Å². The number of aromatic nitrogens is 2. The molecule has 0 saturated carbocycles.